The largest absolute Gasteiger partial charge is 0.493 e. The smallest absolute Gasteiger partial charge is 0.161 e. The Kier molecular flexibility index (Phi) is 6.50. The van der Waals surface area contributed by atoms with Gasteiger partial charge in [-0.05, 0) is 61.8 Å². The standard InChI is InChI=1S/C24H32N2O2/c1-27-23-12-11-19(16-24(23)28-21-9-5-6-10-21)22-17-20(25-13-14-26-22)15-18-7-3-2-4-8-18/h2-4,7-8,11-12,16,20-22,25-26H,5-6,9-10,13-15,17H2,1H3. The van der Waals surface area contributed by atoms with Gasteiger partial charge in [-0.3, -0.25) is 0 Å². The van der Waals surface area contributed by atoms with E-state index in [-0.39, 0.29) is 0 Å². The van der Waals surface area contributed by atoms with Gasteiger partial charge in [0.25, 0.3) is 0 Å². The van der Waals surface area contributed by atoms with Crippen molar-refractivity contribution in [1.29, 1.82) is 0 Å². The van der Waals surface area contributed by atoms with Crippen LogP contribution in [0.5, 0.6) is 11.5 Å². The highest BCUT2D eigenvalue weighted by atomic mass is 16.5. The van der Waals surface area contributed by atoms with E-state index >= 15 is 0 Å². The molecule has 0 amide bonds. The maximum absolute atomic E-state index is 6.31. The first-order valence-corrected chi connectivity index (χ1v) is 10.7. The van der Waals surface area contributed by atoms with E-state index in [2.05, 4.69) is 59.2 Å². The summed E-state index contributed by atoms with van der Waals surface area (Å²) in [6.45, 7) is 1.97. The van der Waals surface area contributed by atoms with E-state index in [0.717, 1.165) is 50.3 Å². The molecule has 4 rings (SSSR count). The van der Waals surface area contributed by atoms with E-state index in [4.69, 9.17) is 9.47 Å². The summed E-state index contributed by atoms with van der Waals surface area (Å²) in [5.74, 6) is 1.73. The number of ether oxygens (including phenoxy) is 2. The van der Waals surface area contributed by atoms with E-state index in [9.17, 15) is 0 Å². The molecule has 2 aromatic carbocycles. The van der Waals surface area contributed by atoms with Gasteiger partial charge >= 0.3 is 0 Å². The lowest BCUT2D eigenvalue weighted by Crippen LogP contribution is -2.31. The van der Waals surface area contributed by atoms with E-state index in [1.54, 1.807) is 7.11 Å². The molecule has 1 saturated carbocycles. The van der Waals surface area contributed by atoms with Gasteiger partial charge in [-0.15, -0.1) is 0 Å². The van der Waals surface area contributed by atoms with Gasteiger partial charge in [0.15, 0.2) is 11.5 Å². The maximum atomic E-state index is 6.31. The second-order valence-corrected chi connectivity index (χ2v) is 8.02. The highest BCUT2D eigenvalue weighted by molar-refractivity contribution is 5.44. The van der Waals surface area contributed by atoms with Crippen molar-refractivity contribution in [1.82, 2.24) is 10.6 Å². The average molecular weight is 381 g/mol. The zero-order valence-electron chi connectivity index (χ0n) is 16.8. The molecule has 2 fully saturated rings. The van der Waals surface area contributed by atoms with Gasteiger partial charge in [0.2, 0.25) is 0 Å². The maximum Gasteiger partial charge on any atom is 0.161 e. The molecule has 2 atom stereocenters. The van der Waals surface area contributed by atoms with Crippen LogP contribution < -0.4 is 20.1 Å². The molecule has 0 aromatic heterocycles. The van der Waals surface area contributed by atoms with Gasteiger partial charge in [-0.1, -0.05) is 36.4 Å². The Morgan fingerprint density at radius 1 is 0.929 bits per heavy atom. The van der Waals surface area contributed by atoms with Crippen LogP contribution in [0.1, 0.15) is 49.3 Å². The molecule has 0 radical (unpaired) electrons. The van der Waals surface area contributed by atoms with Gasteiger partial charge in [0.1, 0.15) is 0 Å². The Balaban J connectivity index is 1.49. The zero-order chi connectivity index (χ0) is 19.2. The van der Waals surface area contributed by atoms with Crippen molar-refractivity contribution in [2.75, 3.05) is 20.2 Å². The van der Waals surface area contributed by atoms with Crippen molar-refractivity contribution < 1.29 is 9.47 Å². The Labute approximate surface area is 168 Å². The molecule has 2 N–H and O–H groups in total. The van der Waals surface area contributed by atoms with Crippen molar-refractivity contribution in [2.24, 2.45) is 0 Å². The number of hydrogen-bond donors (Lipinski definition) is 2. The molecule has 0 spiro atoms. The van der Waals surface area contributed by atoms with E-state index in [1.807, 2.05) is 0 Å². The molecule has 2 aromatic rings. The lowest BCUT2D eigenvalue weighted by atomic mass is 9.95. The molecule has 28 heavy (non-hydrogen) atoms. The first-order valence-electron chi connectivity index (χ1n) is 10.7. The van der Waals surface area contributed by atoms with Crippen molar-refractivity contribution in [3.8, 4) is 11.5 Å². The first-order chi connectivity index (χ1) is 13.8. The van der Waals surface area contributed by atoms with Crippen LogP contribution in [0.15, 0.2) is 48.5 Å². The third-order valence-electron chi connectivity index (χ3n) is 5.98. The van der Waals surface area contributed by atoms with Crippen molar-refractivity contribution in [3.05, 3.63) is 59.7 Å². The van der Waals surface area contributed by atoms with E-state index in [1.165, 1.54) is 24.0 Å². The Hall–Kier alpha value is -2.04. The molecule has 1 saturated heterocycles. The van der Waals surface area contributed by atoms with Gasteiger partial charge in [0.05, 0.1) is 13.2 Å². The number of hydrogen-bond acceptors (Lipinski definition) is 4. The molecule has 2 unspecified atom stereocenters. The van der Waals surface area contributed by atoms with Crippen molar-refractivity contribution in [2.45, 2.75) is 56.7 Å². The summed E-state index contributed by atoms with van der Waals surface area (Å²) in [5.41, 5.74) is 2.68. The van der Waals surface area contributed by atoms with Crippen LogP contribution in [0.4, 0.5) is 0 Å². The van der Waals surface area contributed by atoms with Crippen LogP contribution in [0.25, 0.3) is 0 Å². The summed E-state index contributed by atoms with van der Waals surface area (Å²) in [5, 5.41) is 7.42. The lowest BCUT2D eigenvalue weighted by Gasteiger charge is -2.23. The fourth-order valence-electron chi connectivity index (χ4n) is 4.47. The molecule has 4 nitrogen and oxygen atoms in total. The normalized spacial score (nSPS) is 23.3. The second kappa shape index (κ2) is 9.44. The third-order valence-corrected chi connectivity index (χ3v) is 5.98. The fraction of sp³-hybridized carbons (Fsp3) is 0.500. The topological polar surface area (TPSA) is 42.5 Å². The summed E-state index contributed by atoms with van der Waals surface area (Å²) < 4.78 is 11.9. The van der Waals surface area contributed by atoms with E-state index in [0.29, 0.717) is 18.2 Å². The van der Waals surface area contributed by atoms with E-state index < -0.39 is 0 Å². The van der Waals surface area contributed by atoms with Gasteiger partial charge in [-0.25, -0.2) is 0 Å². The van der Waals surface area contributed by atoms with Crippen molar-refractivity contribution >= 4 is 0 Å². The average Bonchev–Trinajstić information content (AvgIpc) is 3.13. The number of nitrogens with one attached hydrogen (secondary N) is 2. The second-order valence-electron chi connectivity index (χ2n) is 8.02. The Morgan fingerprint density at radius 3 is 2.50 bits per heavy atom. The third kappa shape index (κ3) is 4.86. The van der Waals surface area contributed by atoms with Crippen LogP contribution in [0, 0.1) is 0 Å². The van der Waals surface area contributed by atoms with Crippen LogP contribution in [0.3, 0.4) is 0 Å². The van der Waals surface area contributed by atoms with Crippen LogP contribution >= 0.6 is 0 Å². The molecule has 150 valence electrons. The quantitative estimate of drug-likeness (QED) is 0.786. The zero-order valence-corrected chi connectivity index (χ0v) is 16.8. The summed E-state index contributed by atoms with van der Waals surface area (Å²) in [6.07, 6.45) is 7.28. The Bertz CT molecular complexity index is 744. The SMILES string of the molecule is COc1ccc(C2CC(Cc3ccccc3)NCCN2)cc1OC1CCCC1. The highest BCUT2D eigenvalue weighted by Gasteiger charge is 2.23. The summed E-state index contributed by atoms with van der Waals surface area (Å²) >= 11 is 0. The minimum absolute atomic E-state index is 0.320. The molecule has 1 heterocycles. The lowest BCUT2D eigenvalue weighted by molar-refractivity contribution is 0.200. The summed E-state index contributed by atoms with van der Waals surface area (Å²) in [4.78, 5) is 0. The minimum atomic E-state index is 0.320. The first kappa shape index (κ1) is 19.3. The fourth-order valence-corrected chi connectivity index (χ4v) is 4.47. The number of rotatable bonds is 6. The predicted octanol–water partition coefficient (Wildman–Crippen LogP) is 4.25. The summed E-state index contributed by atoms with van der Waals surface area (Å²) in [7, 11) is 1.72. The van der Waals surface area contributed by atoms with Gasteiger partial charge in [-0.2, -0.15) is 0 Å². The molecule has 1 aliphatic heterocycles. The highest BCUT2D eigenvalue weighted by Crippen LogP contribution is 2.35. The van der Waals surface area contributed by atoms with Crippen LogP contribution in [-0.2, 0) is 6.42 Å². The van der Waals surface area contributed by atoms with Crippen molar-refractivity contribution in [3.63, 3.8) is 0 Å². The number of methoxy groups -OCH3 is 1. The molecule has 2 aliphatic rings. The molecule has 0 bridgehead atoms. The molecular weight excluding hydrogens is 348 g/mol. The van der Waals surface area contributed by atoms with Gasteiger partial charge in [0, 0.05) is 25.2 Å². The minimum Gasteiger partial charge on any atom is -0.493 e. The summed E-state index contributed by atoms with van der Waals surface area (Å²) in [6, 6.07) is 18.0. The molecule has 1 aliphatic carbocycles. The van der Waals surface area contributed by atoms with Gasteiger partial charge < -0.3 is 20.1 Å². The predicted molar refractivity (Wildman–Crippen MR) is 113 cm³/mol. The van der Waals surface area contributed by atoms with Crippen LogP contribution in [-0.4, -0.2) is 32.3 Å². The molecule has 4 heteroatoms. The monoisotopic (exact) mass is 380 g/mol. The van der Waals surface area contributed by atoms with Crippen LogP contribution in [0.2, 0.25) is 0 Å². The molecular formula is C24H32N2O2. The number of benzene rings is 2. The Morgan fingerprint density at radius 2 is 1.71 bits per heavy atom.